The molecule has 0 spiro atoms. The molecule has 0 aliphatic carbocycles. The molecule has 2 aliphatic heterocycles. The van der Waals surface area contributed by atoms with E-state index in [9.17, 15) is 4.79 Å². The highest BCUT2D eigenvalue weighted by molar-refractivity contribution is 6.03. The van der Waals surface area contributed by atoms with Crippen molar-refractivity contribution in [3.05, 3.63) is 47.6 Å². The monoisotopic (exact) mass is 425 g/mol. The molecule has 31 heavy (non-hydrogen) atoms. The van der Waals surface area contributed by atoms with E-state index in [2.05, 4.69) is 27.2 Å². The number of carbonyl (C=O) groups is 1. The molecule has 0 unspecified atom stereocenters. The molecule has 9 heteroatoms. The summed E-state index contributed by atoms with van der Waals surface area (Å²) in [6.45, 7) is 3.16. The van der Waals surface area contributed by atoms with Crippen LogP contribution in [0.5, 0.6) is 5.75 Å². The van der Waals surface area contributed by atoms with Crippen molar-refractivity contribution in [1.29, 1.82) is 0 Å². The summed E-state index contributed by atoms with van der Waals surface area (Å²) < 4.78 is 12.3. The number of ether oxygens (including phenoxy) is 2. The van der Waals surface area contributed by atoms with E-state index in [-0.39, 0.29) is 6.23 Å². The number of rotatable bonds is 5. The first kappa shape index (κ1) is 20.8. The lowest BCUT2D eigenvalue weighted by molar-refractivity contribution is -0.00941. The third-order valence-corrected chi connectivity index (χ3v) is 5.46. The summed E-state index contributed by atoms with van der Waals surface area (Å²) in [5.41, 5.74) is 4.00. The third kappa shape index (κ3) is 4.21. The zero-order valence-corrected chi connectivity index (χ0v) is 18.2. The zero-order chi connectivity index (χ0) is 22.0. The van der Waals surface area contributed by atoms with Crippen molar-refractivity contribution in [3.8, 4) is 11.4 Å². The fraction of sp³-hybridized carbons (Fsp3) is 0.409. The maximum Gasteiger partial charge on any atom is 0.409 e. The van der Waals surface area contributed by atoms with Gasteiger partial charge >= 0.3 is 6.09 Å². The predicted molar refractivity (Wildman–Crippen MR) is 116 cm³/mol. The van der Waals surface area contributed by atoms with E-state index in [0.29, 0.717) is 6.54 Å². The third-order valence-electron chi connectivity index (χ3n) is 5.46. The predicted octanol–water partition coefficient (Wildman–Crippen LogP) is 3.04. The number of aryl methyl sites for hydroxylation is 1. The summed E-state index contributed by atoms with van der Waals surface area (Å²) in [6, 6.07) is 6.08. The van der Waals surface area contributed by atoms with Crippen molar-refractivity contribution < 1.29 is 19.1 Å². The van der Waals surface area contributed by atoms with Crippen LogP contribution in [0.4, 0.5) is 4.79 Å². The number of amides is 1. The number of nitrogens with zero attached hydrogens (tertiary/aromatic N) is 5. The number of fused-ring (bicyclic) bond motifs is 1. The van der Waals surface area contributed by atoms with Gasteiger partial charge in [-0.3, -0.25) is 0 Å². The van der Waals surface area contributed by atoms with Gasteiger partial charge in [0.2, 0.25) is 6.23 Å². The van der Waals surface area contributed by atoms with Crippen LogP contribution in [0, 0.1) is 6.92 Å². The number of imidazole rings is 1. The van der Waals surface area contributed by atoms with E-state index in [0.717, 1.165) is 53.5 Å². The lowest BCUT2D eigenvalue weighted by Gasteiger charge is -2.31. The van der Waals surface area contributed by atoms with Crippen LogP contribution in [-0.2, 0) is 9.57 Å². The van der Waals surface area contributed by atoms with Crippen molar-refractivity contribution in [3.63, 3.8) is 0 Å². The number of amidine groups is 1. The Morgan fingerprint density at radius 2 is 2.23 bits per heavy atom. The Morgan fingerprint density at radius 1 is 1.39 bits per heavy atom. The highest BCUT2D eigenvalue weighted by Gasteiger charge is 2.36. The van der Waals surface area contributed by atoms with Crippen LogP contribution >= 0.6 is 0 Å². The van der Waals surface area contributed by atoms with Crippen molar-refractivity contribution in [1.82, 2.24) is 19.4 Å². The minimum Gasteiger partial charge on any atom is -0.495 e. The van der Waals surface area contributed by atoms with E-state index in [1.165, 1.54) is 12.0 Å². The first-order valence-electron chi connectivity index (χ1n) is 10.2. The van der Waals surface area contributed by atoms with Gasteiger partial charge in [0.05, 0.1) is 38.5 Å². The van der Waals surface area contributed by atoms with E-state index in [1.807, 2.05) is 29.8 Å². The van der Waals surface area contributed by atoms with Gasteiger partial charge in [0, 0.05) is 19.8 Å². The average Bonchev–Trinajstić information content (AvgIpc) is 3.40. The van der Waals surface area contributed by atoms with E-state index in [4.69, 9.17) is 14.3 Å². The van der Waals surface area contributed by atoms with Gasteiger partial charge in [-0.05, 0) is 49.1 Å². The number of aromatic nitrogens is 2. The number of benzene rings is 1. The Hall–Kier alpha value is -3.49. The van der Waals surface area contributed by atoms with Gasteiger partial charge in [-0.15, -0.1) is 0 Å². The Morgan fingerprint density at radius 3 is 2.94 bits per heavy atom. The normalized spacial score (nSPS) is 19.0. The zero-order valence-electron chi connectivity index (χ0n) is 18.2. The van der Waals surface area contributed by atoms with Crippen molar-refractivity contribution in [2.24, 2.45) is 5.16 Å². The second kappa shape index (κ2) is 8.71. The number of carbonyl (C=O) groups excluding carboxylic acids is 1. The molecule has 1 atom stereocenters. The molecular formula is C22H27N5O4. The highest BCUT2D eigenvalue weighted by atomic mass is 16.7. The Kier molecular flexibility index (Phi) is 5.83. The van der Waals surface area contributed by atoms with Crippen LogP contribution < -0.4 is 4.74 Å². The van der Waals surface area contributed by atoms with Gasteiger partial charge < -0.3 is 28.7 Å². The molecule has 2 aromatic rings. The van der Waals surface area contributed by atoms with Crippen molar-refractivity contribution in [2.45, 2.75) is 26.0 Å². The Labute approximate surface area is 181 Å². The largest absolute Gasteiger partial charge is 0.495 e. The molecule has 164 valence electrons. The fourth-order valence-electron chi connectivity index (χ4n) is 3.89. The second-order valence-electron chi connectivity index (χ2n) is 7.65. The fourth-order valence-corrected chi connectivity index (χ4v) is 3.89. The maximum atomic E-state index is 11.7. The van der Waals surface area contributed by atoms with Crippen LogP contribution in [0.25, 0.3) is 11.8 Å². The number of piperidine rings is 1. The molecule has 0 bridgehead atoms. The lowest BCUT2D eigenvalue weighted by Crippen LogP contribution is -2.46. The van der Waals surface area contributed by atoms with Crippen LogP contribution in [0.15, 0.2) is 41.5 Å². The average molecular weight is 425 g/mol. The first-order valence-corrected chi connectivity index (χ1v) is 10.2. The first-order chi connectivity index (χ1) is 15.0. The standard InChI is InChI=1S/C22H27N5O4/c1-15-12-26(14-23-15)18-8-7-16(11-19(18)29-3)10-17-6-5-9-27-20(31-24-21(17)27)13-25(2)22(28)30-4/h7-8,10-12,14,20H,5-6,9,13H2,1-4H3/b17-10+/t20-/m0/s1. The molecule has 9 nitrogen and oxygen atoms in total. The minimum atomic E-state index is -0.398. The highest BCUT2D eigenvalue weighted by Crippen LogP contribution is 2.30. The van der Waals surface area contributed by atoms with E-state index in [1.54, 1.807) is 20.5 Å². The molecule has 2 aliphatic rings. The van der Waals surface area contributed by atoms with Crippen molar-refractivity contribution >= 4 is 18.0 Å². The molecule has 0 N–H and O–H groups in total. The van der Waals surface area contributed by atoms with Gasteiger partial charge in [-0.25, -0.2) is 9.78 Å². The molecule has 0 radical (unpaired) electrons. The Bertz CT molecular complexity index is 1030. The molecule has 1 fully saturated rings. The SMILES string of the molecule is COC(=O)N(C)C[C@@H]1ON=C2/C(=C/c3ccc(-n4cnc(C)c4)c(OC)c3)CCCN21. The topological polar surface area (TPSA) is 81.4 Å². The molecule has 0 saturated carbocycles. The summed E-state index contributed by atoms with van der Waals surface area (Å²) in [4.78, 5) is 25.3. The summed E-state index contributed by atoms with van der Waals surface area (Å²) in [5, 5.41) is 4.32. The molecule has 1 amide bonds. The molecule has 1 aromatic carbocycles. The molecule has 1 aromatic heterocycles. The number of hydrogen-bond acceptors (Lipinski definition) is 7. The minimum absolute atomic E-state index is 0.316. The van der Waals surface area contributed by atoms with Crippen molar-refractivity contribution in [2.75, 3.05) is 34.4 Å². The van der Waals surface area contributed by atoms with Gasteiger partial charge in [0.15, 0.2) is 5.84 Å². The summed E-state index contributed by atoms with van der Waals surface area (Å²) >= 11 is 0. The molecule has 3 heterocycles. The van der Waals surface area contributed by atoms with E-state index < -0.39 is 6.09 Å². The lowest BCUT2D eigenvalue weighted by atomic mass is 10.00. The summed E-state index contributed by atoms with van der Waals surface area (Å²) in [5.74, 6) is 1.59. The number of hydrogen-bond donors (Lipinski definition) is 0. The molecular weight excluding hydrogens is 398 g/mol. The second-order valence-corrected chi connectivity index (χ2v) is 7.65. The summed E-state index contributed by atoms with van der Waals surface area (Å²) in [6.07, 6.45) is 7.03. The van der Waals surface area contributed by atoms with Gasteiger partial charge in [-0.2, -0.15) is 0 Å². The van der Waals surface area contributed by atoms with Gasteiger partial charge in [-0.1, -0.05) is 11.2 Å². The summed E-state index contributed by atoms with van der Waals surface area (Å²) in [7, 11) is 4.72. The van der Waals surface area contributed by atoms with Crippen LogP contribution in [0.1, 0.15) is 24.1 Å². The van der Waals surface area contributed by atoms with Crippen LogP contribution in [0.2, 0.25) is 0 Å². The number of methoxy groups -OCH3 is 2. The van der Waals surface area contributed by atoms with Crippen LogP contribution in [0.3, 0.4) is 0 Å². The molecule has 4 rings (SSSR count). The maximum absolute atomic E-state index is 11.7. The number of likely N-dealkylation sites (N-methyl/N-ethyl adjacent to an activating group) is 1. The number of oxime groups is 1. The van der Waals surface area contributed by atoms with Crippen LogP contribution in [-0.4, -0.2) is 71.9 Å². The quantitative estimate of drug-likeness (QED) is 0.733. The van der Waals surface area contributed by atoms with E-state index >= 15 is 0 Å². The molecule has 1 saturated heterocycles. The Balaban J connectivity index is 1.54. The van der Waals surface area contributed by atoms with Gasteiger partial charge in [0.25, 0.3) is 0 Å². The smallest absolute Gasteiger partial charge is 0.409 e. The van der Waals surface area contributed by atoms with Gasteiger partial charge in [0.1, 0.15) is 5.75 Å².